The largest absolute Gasteiger partial charge is 0.229 e. The monoisotopic (exact) mass is 366 g/mol. The van der Waals surface area contributed by atoms with Crippen LogP contribution in [-0.4, -0.2) is 24.8 Å². The molecule has 2 atom stereocenters. The minimum Gasteiger partial charge on any atom is -0.229 e. The molecule has 0 aromatic rings. The fourth-order valence-corrected chi connectivity index (χ4v) is 5.64. The summed E-state index contributed by atoms with van der Waals surface area (Å²) >= 11 is 3.44. The number of halogens is 1. The van der Waals surface area contributed by atoms with Gasteiger partial charge in [-0.05, 0) is 31.6 Å². The molecule has 0 aromatic heterocycles. The summed E-state index contributed by atoms with van der Waals surface area (Å²) in [6.45, 7) is 2.19. The second-order valence-electron chi connectivity index (χ2n) is 6.42. The van der Waals surface area contributed by atoms with E-state index in [1.165, 1.54) is 38.5 Å². The first-order valence-corrected chi connectivity index (χ1v) is 11.2. The molecular formula is C16H31BrO2S. The lowest BCUT2D eigenvalue weighted by Crippen LogP contribution is -2.29. The first kappa shape index (κ1) is 18.5. The molecule has 0 N–H and O–H groups in total. The topological polar surface area (TPSA) is 34.1 Å². The summed E-state index contributed by atoms with van der Waals surface area (Å²) in [7, 11) is -2.82. The number of alkyl halides is 1. The zero-order valence-corrected chi connectivity index (χ0v) is 15.4. The maximum absolute atomic E-state index is 12.3. The molecular weight excluding hydrogens is 336 g/mol. The van der Waals surface area contributed by atoms with Gasteiger partial charge in [0, 0.05) is 5.33 Å². The van der Waals surface area contributed by atoms with Crippen molar-refractivity contribution in [3.05, 3.63) is 0 Å². The summed E-state index contributed by atoms with van der Waals surface area (Å²) in [6.07, 6.45) is 12.3. The van der Waals surface area contributed by atoms with Gasteiger partial charge in [0.25, 0.3) is 0 Å². The summed E-state index contributed by atoms with van der Waals surface area (Å²) in [4.78, 5) is 0. The highest BCUT2D eigenvalue weighted by Crippen LogP contribution is 2.29. The van der Waals surface area contributed by atoms with Crippen molar-refractivity contribution < 1.29 is 8.42 Å². The van der Waals surface area contributed by atoms with Crippen molar-refractivity contribution >= 4 is 25.8 Å². The van der Waals surface area contributed by atoms with Crippen molar-refractivity contribution in [1.82, 2.24) is 0 Å². The molecule has 1 rings (SSSR count). The standard InChI is InChI=1S/C16H31BrO2S/c1-15-10-9-11-16(14-15)20(18,19)13-8-6-4-2-3-5-7-12-17/h15-16H,2-14H2,1H3. The molecule has 0 bridgehead atoms. The van der Waals surface area contributed by atoms with Gasteiger partial charge < -0.3 is 0 Å². The number of unbranched alkanes of at least 4 members (excludes halogenated alkanes) is 6. The molecule has 0 radical (unpaired) electrons. The van der Waals surface area contributed by atoms with Crippen molar-refractivity contribution in [2.75, 3.05) is 11.1 Å². The number of rotatable bonds is 10. The Bertz CT molecular complexity index is 340. The second kappa shape index (κ2) is 10.2. The van der Waals surface area contributed by atoms with Gasteiger partial charge >= 0.3 is 0 Å². The van der Waals surface area contributed by atoms with Gasteiger partial charge in [0.2, 0.25) is 0 Å². The van der Waals surface area contributed by atoms with Crippen molar-refractivity contribution in [2.24, 2.45) is 5.92 Å². The van der Waals surface area contributed by atoms with E-state index < -0.39 is 9.84 Å². The highest BCUT2D eigenvalue weighted by Gasteiger charge is 2.29. The Hall–Kier alpha value is 0.430. The quantitative estimate of drug-likeness (QED) is 0.397. The third-order valence-electron chi connectivity index (χ3n) is 4.46. The van der Waals surface area contributed by atoms with Gasteiger partial charge in [-0.3, -0.25) is 0 Å². The number of hydrogen-bond donors (Lipinski definition) is 0. The predicted octanol–water partition coefficient (Wildman–Crippen LogP) is 5.11. The van der Waals surface area contributed by atoms with E-state index in [0.717, 1.165) is 37.4 Å². The van der Waals surface area contributed by atoms with E-state index in [0.29, 0.717) is 11.7 Å². The van der Waals surface area contributed by atoms with Gasteiger partial charge in [0.15, 0.2) is 9.84 Å². The molecule has 0 saturated heterocycles. The van der Waals surface area contributed by atoms with E-state index in [4.69, 9.17) is 0 Å². The molecule has 1 saturated carbocycles. The summed E-state index contributed by atoms with van der Waals surface area (Å²) in [5.74, 6) is 1.02. The molecule has 1 fully saturated rings. The SMILES string of the molecule is CC1CCCC(S(=O)(=O)CCCCCCCCCBr)C1. The van der Waals surface area contributed by atoms with E-state index in [9.17, 15) is 8.42 Å². The van der Waals surface area contributed by atoms with E-state index in [2.05, 4.69) is 22.9 Å². The molecule has 1 aliphatic carbocycles. The fraction of sp³-hybridized carbons (Fsp3) is 1.00. The molecule has 0 heterocycles. The molecule has 0 spiro atoms. The lowest BCUT2D eigenvalue weighted by Gasteiger charge is -2.26. The Morgan fingerprint density at radius 1 is 0.950 bits per heavy atom. The molecule has 2 unspecified atom stereocenters. The van der Waals surface area contributed by atoms with Crippen LogP contribution in [0.2, 0.25) is 0 Å². The van der Waals surface area contributed by atoms with Crippen molar-refractivity contribution in [3.63, 3.8) is 0 Å². The average molecular weight is 367 g/mol. The first-order valence-electron chi connectivity index (χ1n) is 8.34. The van der Waals surface area contributed by atoms with E-state index >= 15 is 0 Å². The Kier molecular flexibility index (Phi) is 9.43. The van der Waals surface area contributed by atoms with Gasteiger partial charge in [-0.1, -0.05) is 67.8 Å². The van der Waals surface area contributed by atoms with Crippen molar-refractivity contribution in [3.8, 4) is 0 Å². The zero-order chi connectivity index (χ0) is 14.8. The molecule has 0 aromatic carbocycles. The Labute approximate surface area is 134 Å². The predicted molar refractivity (Wildman–Crippen MR) is 91.3 cm³/mol. The smallest absolute Gasteiger partial charge is 0.153 e. The third-order valence-corrected chi connectivity index (χ3v) is 7.32. The lowest BCUT2D eigenvalue weighted by molar-refractivity contribution is 0.381. The average Bonchev–Trinajstić information content (AvgIpc) is 2.42. The van der Waals surface area contributed by atoms with Crippen LogP contribution in [0.3, 0.4) is 0 Å². The van der Waals surface area contributed by atoms with Crippen LogP contribution in [0.4, 0.5) is 0 Å². The third kappa shape index (κ3) is 7.44. The summed E-state index contributed by atoms with van der Waals surface area (Å²) < 4.78 is 24.6. The highest BCUT2D eigenvalue weighted by atomic mass is 79.9. The van der Waals surface area contributed by atoms with Crippen LogP contribution in [0.1, 0.15) is 77.6 Å². The van der Waals surface area contributed by atoms with E-state index in [-0.39, 0.29) is 5.25 Å². The number of sulfone groups is 1. The van der Waals surface area contributed by atoms with Crippen LogP contribution >= 0.6 is 15.9 Å². The maximum atomic E-state index is 12.3. The Balaban J connectivity index is 2.10. The summed E-state index contributed by atoms with van der Waals surface area (Å²) in [5, 5.41) is 1.07. The van der Waals surface area contributed by atoms with Crippen LogP contribution in [0.5, 0.6) is 0 Å². The fourth-order valence-electron chi connectivity index (χ4n) is 3.15. The maximum Gasteiger partial charge on any atom is 0.153 e. The van der Waals surface area contributed by atoms with Crippen LogP contribution in [0, 0.1) is 5.92 Å². The Morgan fingerprint density at radius 3 is 2.15 bits per heavy atom. The molecule has 4 heteroatoms. The van der Waals surface area contributed by atoms with Crippen LogP contribution in [0.25, 0.3) is 0 Å². The van der Waals surface area contributed by atoms with Gasteiger partial charge in [0.05, 0.1) is 11.0 Å². The Morgan fingerprint density at radius 2 is 1.55 bits per heavy atom. The molecule has 20 heavy (non-hydrogen) atoms. The molecule has 1 aliphatic rings. The molecule has 2 nitrogen and oxygen atoms in total. The van der Waals surface area contributed by atoms with Gasteiger partial charge in [-0.2, -0.15) is 0 Å². The van der Waals surface area contributed by atoms with Gasteiger partial charge in [0.1, 0.15) is 0 Å². The first-order chi connectivity index (χ1) is 9.56. The molecule has 0 amide bonds. The van der Waals surface area contributed by atoms with E-state index in [1.54, 1.807) is 0 Å². The molecule has 0 aliphatic heterocycles. The highest BCUT2D eigenvalue weighted by molar-refractivity contribution is 9.09. The van der Waals surface area contributed by atoms with Crippen LogP contribution in [0.15, 0.2) is 0 Å². The van der Waals surface area contributed by atoms with Crippen LogP contribution in [-0.2, 0) is 9.84 Å². The van der Waals surface area contributed by atoms with E-state index in [1.807, 2.05) is 0 Å². The summed E-state index contributed by atoms with van der Waals surface area (Å²) in [5.41, 5.74) is 0. The lowest BCUT2D eigenvalue weighted by atomic mass is 9.91. The second-order valence-corrected chi connectivity index (χ2v) is 9.62. The minimum absolute atomic E-state index is 0.0369. The zero-order valence-electron chi connectivity index (χ0n) is 12.9. The van der Waals surface area contributed by atoms with Crippen molar-refractivity contribution in [1.29, 1.82) is 0 Å². The minimum atomic E-state index is -2.82. The molecule has 120 valence electrons. The number of hydrogen-bond acceptors (Lipinski definition) is 2. The van der Waals surface area contributed by atoms with Gasteiger partial charge in [-0.15, -0.1) is 0 Å². The summed E-state index contributed by atoms with van der Waals surface area (Å²) in [6, 6.07) is 0. The normalized spacial score (nSPS) is 23.9. The van der Waals surface area contributed by atoms with Crippen LogP contribution < -0.4 is 0 Å². The van der Waals surface area contributed by atoms with Crippen molar-refractivity contribution in [2.45, 2.75) is 82.8 Å². The van der Waals surface area contributed by atoms with Gasteiger partial charge in [-0.25, -0.2) is 8.42 Å².